The summed E-state index contributed by atoms with van der Waals surface area (Å²) in [6.07, 6.45) is 0.194. The zero-order chi connectivity index (χ0) is 22.0. The molecule has 2 unspecified atom stereocenters. The van der Waals surface area contributed by atoms with Crippen molar-refractivity contribution < 1.29 is 27.5 Å². The summed E-state index contributed by atoms with van der Waals surface area (Å²) in [5, 5.41) is 0. The highest BCUT2D eigenvalue weighted by Gasteiger charge is 2.35. The maximum absolute atomic E-state index is 12.8. The van der Waals surface area contributed by atoms with Gasteiger partial charge in [0.25, 0.3) is 15.9 Å². The van der Waals surface area contributed by atoms with Crippen LogP contribution in [0.5, 0.6) is 11.5 Å². The van der Waals surface area contributed by atoms with E-state index in [0.717, 1.165) is 4.88 Å². The Kier molecular flexibility index (Phi) is 6.17. The number of fused-ring (bicyclic) bond motifs is 1. The molecule has 0 bridgehead atoms. The van der Waals surface area contributed by atoms with Gasteiger partial charge in [0, 0.05) is 18.0 Å². The molecule has 166 valence electrons. The molecule has 1 saturated heterocycles. The molecule has 3 heterocycles. The first kappa shape index (κ1) is 21.6. The number of carbonyl (C=O) groups is 2. The molecule has 1 aromatic heterocycles. The smallest absolute Gasteiger partial charge is 0.283 e. The Morgan fingerprint density at radius 1 is 1.10 bits per heavy atom. The molecule has 1 aromatic carbocycles. The highest BCUT2D eigenvalue weighted by molar-refractivity contribution is 7.91. The number of aryl methyl sites for hydroxylation is 1. The van der Waals surface area contributed by atoms with E-state index in [1.54, 1.807) is 36.4 Å². The van der Waals surface area contributed by atoms with E-state index >= 15 is 0 Å². The number of carbonyl (C=O) groups excluding carboxylic acids is 2. The first-order valence-corrected chi connectivity index (χ1v) is 12.1. The van der Waals surface area contributed by atoms with Crippen molar-refractivity contribution in [3.63, 3.8) is 0 Å². The number of nitrogens with one attached hydrogen (secondary N) is 2. The van der Waals surface area contributed by atoms with Crippen molar-refractivity contribution in [1.82, 2.24) is 15.2 Å². The van der Waals surface area contributed by atoms with Crippen LogP contribution in [0.3, 0.4) is 0 Å². The van der Waals surface area contributed by atoms with Crippen LogP contribution in [0.15, 0.2) is 40.6 Å². The zero-order valence-corrected chi connectivity index (χ0v) is 18.5. The van der Waals surface area contributed by atoms with Crippen LogP contribution in [-0.4, -0.2) is 50.3 Å². The van der Waals surface area contributed by atoms with Gasteiger partial charge in [0.1, 0.15) is 10.8 Å². The fourth-order valence-corrected chi connectivity index (χ4v) is 6.47. The molecule has 2 N–H and O–H groups in total. The van der Waals surface area contributed by atoms with E-state index < -0.39 is 33.9 Å². The molecule has 4 rings (SSSR count). The molecule has 2 amide bonds. The average molecular weight is 466 g/mol. The molecule has 0 spiro atoms. The van der Waals surface area contributed by atoms with E-state index in [1.807, 2.05) is 6.92 Å². The summed E-state index contributed by atoms with van der Waals surface area (Å²) in [6, 6.07) is 10.4. The van der Waals surface area contributed by atoms with Crippen LogP contribution in [0.4, 0.5) is 0 Å². The summed E-state index contributed by atoms with van der Waals surface area (Å²) in [6.45, 7) is 2.30. The van der Waals surface area contributed by atoms with Crippen molar-refractivity contribution in [3.8, 4) is 11.5 Å². The Labute approximate surface area is 184 Å². The number of hydrogen-bond donors (Lipinski definition) is 2. The Morgan fingerprint density at radius 2 is 1.84 bits per heavy atom. The van der Waals surface area contributed by atoms with Crippen molar-refractivity contribution >= 4 is 33.2 Å². The maximum Gasteiger partial charge on any atom is 0.283 e. The predicted octanol–water partition coefficient (Wildman–Crippen LogP) is 1.44. The lowest BCUT2D eigenvalue weighted by Gasteiger charge is -2.31. The summed E-state index contributed by atoms with van der Waals surface area (Å²) in [5.74, 6) is -0.531. The number of amides is 2. The number of benzene rings is 1. The summed E-state index contributed by atoms with van der Waals surface area (Å²) < 4.78 is 38.4. The first-order chi connectivity index (χ1) is 14.8. The van der Waals surface area contributed by atoms with Crippen LogP contribution in [0, 0.1) is 12.8 Å². The lowest BCUT2D eigenvalue weighted by atomic mass is 9.99. The summed E-state index contributed by atoms with van der Waals surface area (Å²) in [4.78, 5) is 25.9. The quantitative estimate of drug-likeness (QED) is 0.661. The minimum Gasteiger partial charge on any atom is -0.485 e. The second-order valence-electron chi connectivity index (χ2n) is 7.41. The first-order valence-electron chi connectivity index (χ1n) is 9.89. The molecule has 2 aliphatic rings. The van der Waals surface area contributed by atoms with E-state index in [1.165, 1.54) is 15.6 Å². The van der Waals surface area contributed by atoms with Gasteiger partial charge in [0.2, 0.25) is 12.0 Å². The Hall–Kier alpha value is -2.63. The van der Waals surface area contributed by atoms with Crippen LogP contribution in [-0.2, 0) is 19.6 Å². The number of hydrazine groups is 1. The lowest BCUT2D eigenvalue weighted by molar-refractivity contribution is -0.136. The van der Waals surface area contributed by atoms with Crippen LogP contribution >= 0.6 is 11.3 Å². The number of hydrogen-bond acceptors (Lipinski definition) is 7. The van der Waals surface area contributed by atoms with Crippen LogP contribution < -0.4 is 20.3 Å². The second-order valence-corrected chi connectivity index (χ2v) is 10.9. The standard InChI is InChI=1S/C20H23N3O6S2/c1-13-8-9-18(30-13)31(26,27)23-10-4-5-14(11-23)19(24)21-22-20(25)17-12-28-15-6-2-3-7-16(15)29-17/h2-3,6-9,14,17H,4-5,10-12H2,1H3,(H,21,24)(H,22,25). The molecule has 0 radical (unpaired) electrons. The van der Waals surface area contributed by atoms with Gasteiger partial charge in [-0.3, -0.25) is 20.4 Å². The monoisotopic (exact) mass is 465 g/mol. The van der Waals surface area contributed by atoms with E-state index in [-0.39, 0.29) is 17.4 Å². The molecule has 9 nitrogen and oxygen atoms in total. The number of nitrogens with zero attached hydrogens (tertiary/aromatic N) is 1. The van der Waals surface area contributed by atoms with Gasteiger partial charge in [0.15, 0.2) is 11.5 Å². The minimum atomic E-state index is -3.64. The minimum absolute atomic E-state index is 0.0222. The number of sulfonamides is 1. The fraction of sp³-hybridized carbons (Fsp3) is 0.400. The molecule has 0 saturated carbocycles. The molecule has 31 heavy (non-hydrogen) atoms. The zero-order valence-electron chi connectivity index (χ0n) is 16.9. The van der Waals surface area contributed by atoms with Crippen LogP contribution in [0.2, 0.25) is 0 Å². The largest absolute Gasteiger partial charge is 0.485 e. The number of para-hydroxylation sites is 2. The van der Waals surface area contributed by atoms with Gasteiger partial charge >= 0.3 is 0 Å². The Balaban J connectivity index is 1.32. The summed E-state index contributed by atoms with van der Waals surface area (Å²) >= 11 is 1.21. The SMILES string of the molecule is Cc1ccc(S(=O)(=O)N2CCCC(C(=O)NNC(=O)C3COc4ccccc4O3)C2)s1. The van der Waals surface area contributed by atoms with Crippen LogP contribution in [0.25, 0.3) is 0 Å². The second kappa shape index (κ2) is 8.85. The summed E-state index contributed by atoms with van der Waals surface area (Å²) in [7, 11) is -3.64. The molecular weight excluding hydrogens is 442 g/mol. The number of piperidine rings is 1. The molecular formula is C20H23N3O6S2. The van der Waals surface area contributed by atoms with Gasteiger partial charge in [-0.2, -0.15) is 4.31 Å². The Bertz CT molecular complexity index is 1080. The average Bonchev–Trinajstić information content (AvgIpc) is 3.24. The molecule has 0 aliphatic carbocycles. The van der Waals surface area contributed by atoms with Crippen molar-refractivity contribution in [1.29, 1.82) is 0 Å². The number of rotatable bonds is 4. The van der Waals surface area contributed by atoms with Gasteiger partial charge < -0.3 is 9.47 Å². The predicted molar refractivity (Wildman–Crippen MR) is 113 cm³/mol. The van der Waals surface area contributed by atoms with E-state index in [4.69, 9.17) is 9.47 Å². The van der Waals surface area contributed by atoms with E-state index in [9.17, 15) is 18.0 Å². The molecule has 2 atom stereocenters. The van der Waals surface area contributed by atoms with Crippen molar-refractivity contribution in [3.05, 3.63) is 41.3 Å². The fourth-order valence-electron chi connectivity index (χ4n) is 3.51. The molecule has 2 aromatic rings. The molecule has 1 fully saturated rings. The van der Waals surface area contributed by atoms with Gasteiger partial charge in [-0.25, -0.2) is 8.42 Å². The normalized spacial score (nSPS) is 21.3. The summed E-state index contributed by atoms with van der Waals surface area (Å²) in [5.41, 5.74) is 4.76. The lowest BCUT2D eigenvalue weighted by Crippen LogP contribution is -2.54. The third-order valence-corrected chi connectivity index (χ3v) is 8.51. The van der Waals surface area contributed by atoms with E-state index in [0.29, 0.717) is 30.9 Å². The molecule has 2 aliphatic heterocycles. The van der Waals surface area contributed by atoms with Crippen molar-refractivity contribution in [2.75, 3.05) is 19.7 Å². The van der Waals surface area contributed by atoms with Crippen LogP contribution in [0.1, 0.15) is 17.7 Å². The van der Waals surface area contributed by atoms with Gasteiger partial charge in [-0.15, -0.1) is 11.3 Å². The highest BCUT2D eigenvalue weighted by atomic mass is 32.2. The van der Waals surface area contributed by atoms with Crippen molar-refractivity contribution in [2.45, 2.75) is 30.1 Å². The molecule has 11 heteroatoms. The number of thiophene rings is 1. The van der Waals surface area contributed by atoms with E-state index in [2.05, 4.69) is 10.9 Å². The maximum atomic E-state index is 12.8. The highest BCUT2D eigenvalue weighted by Crippen LogP contribution is 2.31. The van der Waals surface area contributed by atoms with Crippen molar-refractivity contribution in [2.24, 2.45) is 5.92 Å². The topological polar surface area (TPSA) is 114 Å². The van der Waals surface area contributed by atoms with Gasteiger partial charge in [0.05, 0.1) is 5.92 Å². The number of ether oxygens (including phenoxy) is 2. The third-order valence-electron chi connectivity index (χ3n) is 5.17. The van der Waals surface area contributed by atoms with Gasteiger partial charge in [-0.05, 0) is 44.0 Å². The third kappa shape index (κ3) is 4.68. The Morgan fingerprint density at radius 3 is 2.58 bits per heavy atom. The van der Waals surface area contributed by atoms with Gasteiger partial charge in [-0.1, -0.05) is 12.1 Å².